The molecule has 1 aromatic rings. The van der Waals surface area contributed by atoms with Gasteiger partial charge in [0, 0.05) is 0 Å². The first kappa shape index (κ1) is 39.1. The lowest BCUT2D eigenvalue weighted by atomic mass is 9.55. The van der Waals surface area contributed by atoms with Crippen molar-refractivity contribution in [3.05, 3.63) is 34.9 Å². The van der Waals surface area contributed by atoms with Crippen LogP contribution in [0.25, 0.3) is 0 Å². The fourth-order valence-corrected chi connectivity index (χ4v) is 20.3. The lowest BCUT2D eigenvalue weighted by Gasteiger charge is -2.51. The highest BCUT2D eigenvalue weighted by Gasteiger charge is 2.59. The lowest BCUT2D eigenvalue weighted by molar-refractivity contribution is -0.000469. The maximum absolute atomic E-state index is 2.95. The molecule has 5 saturated carbocycles. The van der Waals surface area contributed by atoms with Gasteiger partial charge >= 0.3 is 0 Å². The Morgan fingerprint density at radius 1 is 0.520 bits per heavy atom. The van der Waals surface area contributed by atoms with Crippen molar-refractivity contribution >= 4 is 8.07 Å². The minimum atomic E-state index is -1.49. The molecule has 11 atom stereocenters. The largest absolute Gasteiger partial charge is 0.0689 e. The first-order valence-electron chi connectivity index (χ1n) is 22.1. The van der Waals surface area contributed by atoms with Crippen LogP contribution in [-0.2, 0) is 10.8 Å². The van der Waals surface area contributed by atoms with Gasteiger partial charge in [-0.05, 0) is 154 Å². The van der Waals surface area contributed by atoms with E-state index in [4.69, 9.17) is 0 Å². The molecular formula is C49H84Si. The van der Waals surface area contributed by atoms with E-state index in [1.54, 1.807) is 42.4 Å². The average Bonchev–Trinajstić information content (AvgIpc) is 3.60. The zero-order valence-corrected chi connectivity index (χ0v) is 37.1. The van der Waals surface area contributed by atoms with Crippen molar-refractivity contribution in [2.24, 2.45) is 64.1 Å². The molecule has 0 N–H and O–H groups in total. The molecule has 0 nitrogen and oxygen atoms in total. The molecule has 0 bridgehead atoms. The van der Waals surface area contributed by atoms with Crippen molar-refractivity contribution in [1.82, 2.24) is 0 Å². The SMILES string of the molecule is CC1CC2C(C3CC(C(C)(C)C)CC(C(C)(C)C)C3)CCCC2C1[Si](C)(C)C1CCC2C(c3cc(C(C)(C)C)cc(C(C)(C)C)c3)CCCC21. The first-order chi connectivity index (χ1) is 23.0. The van der Waals surface area contributed by atoms with Crippen molar-refractivity contribution in [2.45, 2.75) is 208 Å². The number of benzene rings is 1. The van der Waals surface area contributed by atoms with Crippen LogP contribution in [-0.4, -0.2) is 8.07 Å². The van der Waals surface area contributed by atoms with Crippen LogP contribution >= 0.6 is 0 Å². The zero-order valence-electron chi connectivity index (χ0n) is 36.1. The summed E-state index contributed by atoms with van der Waals surface area (Å²) in [5, 5.41) is 0. The number of fused-ring (bicyclic) bond motifs is 2. The topological polar surface area (TPSA) is 0 Å². The summed E-state index contributed by atoms with van der Waals surface area (Å²) >= 11 is 0. The summed E-state index contributed by atoms with van der Waals surface area (Å²) in [5.74, 6) is 9.44. The summed E-state index contributed by atoms with van der Waals surface area (Å²) < 4.78 is 0. The van der Waals surface area contributed by atoms with E-state index in [9.17, 15) is 0 Å². The number of rotatable bonds is 4. The number of hydrogen-bond donors (Lipinski definition) is 0. The normalized spacial score (nSPS) is 38.9. The van der Waals surface area contributed by atoms with Crippen molar-refractivity contribution in [3.63, 3.8) is 0 Å². The Morgan fingerprint density at radius 3 is 1.58 bits per heavy atom. The van der Waals surface area contributed by atoms with Crippen LogP contribution in [0.5, 0.6) is 0 Å². The summed E-state index contributed by atoms with van der Waals surface area (Å²) in [5.41, 5.74) is 8.19. The van der Waals surface area contributed by atoms with E-state index < -0.39 is 8.07 Å². The van der Waals surface area contributed by atoms with Gasteiger partial charge in [0.1, 0.15) is 0 Å². The fraction of sp³-hybridized carbons (Fsp3) is 0.878. The predicted molar refractivity (Wildman–Crippen MR) is 223 cm³/mol. The molecule has 5 fully saturated rings. The molecule has 0 spiro atoms. The Balaban J connectivity index is 1.24. The van der Waals surface area contributed by atoms with E-state index in [1.807, 2.05) is 0 Å². The van der Waals surface area contributed by atoms with Gasteiger partial charge < -0.3 is 0 Å². The highest BCUT2D eigenvalue weighted by Crippen LogP contribution is 2.66. The van der Waals surface area contributed by atoms with Crippen LogP contribution in [0.4, 0.5) is 0 Å². The Kier molecular flexibility index (Phi) is 10.7. The van der Waals surface area contributed by atoms with Crippen molar-refractivity contribution in [3.8, 4) is 0 Å². The smallest absolute Gasteiger partial charge is 0.0544 e. The molecule has 0 amide bonds. The Bertz CT molecular complexity index is 1270. The van der Waals surface area contributed by atoms with Gasteiger partial charge in [0.2, 0.25) is 0 Å². The molecule has 1 aromatic carbocycles. The molecule has 0 aliphatic heterocycles. The van der Waals surface area contributed by atoms with Crippen LogP contribution < -0.4 is 0 Å². The Labute approximate surface area is 313 Å². The quantitative estimate of drug-likeness (QED) is 0.274. The van der Waals surface area contributed by atoms with Crippen molar-refractivity contribution in [1.29, 1.82) is 0 Å². The average molecular weight is 701 g/mol. The lowest BCUT2D eigenvalue weighted by Crippen LogP contribution is -2.46. The van der Waals surface area contributed by atoms with Crippen LogP contribution in [0.1, 0.15) is 190 Å². The second-order valence-corrected chi connectivity index (χ2v) is 29.5. The van der Waals surface area contributed by atoms with Gasteiger partial charge in [0.05, 0.1) is 8.07 Å². The van der Waals surface area contributed by atoms with Crippen LogP contribution in [0.2, 0.25) is 24.2 Å². The maximum Gasteiger partial charge on any atom is 0.0544 e. The highest BCUT2D eigenvalue weighted by molar-refractivity contribution is 6.80. The molecule has 50 heavy (non-hydrogen) atoms. The molecule has 0 saturated heterocycles. The Morgan fingerprint density at radius 2 is 1.04 bits per heavy atom. The molecule has 0 heterocycles. The first-order valence-corrected chi connectivity index (χ1v) is 25.3. The van der Waals surface area contributed by atoms with E-state index >= 15 is 0 Å². The van der Waals surface area contributed by atoms with E-state index in [1.165, 1.54) is 51.4 Å². The molecule has 11 unspecified atom stereocenters. The van der Waals surface area contributed by atoms with Crippen LogP contribution in [0, 0.1) is 64.1 Å². The van der Waals surface area contributed by atoms with Gasteiger partial charge in [-0.15, -0.1) is 0 Å². The molecule has 0 aromatic heterocycles. The monoisotopic (exact) mass is 701 g/mol. The molecule has 5 aliphatic rings. The van der Waals surface area contributed by atoms with Crippen LogP contribution in [0.15, 0.2) is 18.2 Å². The summed E-state index contributed by atoms with van der Waals surface area (Å²) in [6.45, 7) is 38.5. The summed E-state index contributed by atoms with van der Waals surface area (Å²) in [7, 11) is -1.49. The third kappa shape index (κ3) is 7.55. The predicted octanol–water partition coefficient (Wildman–Crippen LogP) is 15.2. The summed E-state index contributed by atoms with van der Waals surface area (Å²) in [6, 6.07) is 7.89. The van der Waals surface area contributed by atoms with Crippen molar-refractivity contribution in [2.75, 3.05) is 0 Å². The molecule has 6 rings (SSSR count). The van der Waals surface area contributed by atoms with E-state index in [0.29, 0.717) is 10.8 Å². The standard InChI is InChI=1S/C49H84Si/c1-31-24-43-39(33-27-36(48(8,9)10)30-37(28-33)49(11,12)13)19-17-21-42(43)45(31)50(14,15)44-23-22-40-38(18-16-20-41(40)44)32-25-34(46(2,3)4)29-35(26-32)47(5,6)7/h25-26,29,31,33,36-45H,16-24,27-28,30H2,1-15H3. The Hall–Kier alpha value is -0.563. The minimum absolute atomic E-state index is 0.198. The number of hydrogen-bond acceptors (Lipinski definition) is 0. The second-order valence-electron chi connectivity index (χ2n) is 24.5. The van der Waals surface area contributed by atoms with Gasteiger partial charge in [-0.1, -0.05) is 153 Å². The van der Waals surface area contributed by atoms with Crippen LogP contribution in [0.3, 0.4) is 0 Å². The fourth-order valence-electron chi connectivity index (χ4n) is 14.2. The van der Waals surface area contributed by atoms with Gasteiger partial charge in [0.15, 0.2) is 0 Å². The molecule has 1 heteroatoms. The van der Waals surface area contributed by atoms with Gasteiger partial charge in [-0.25, -0.2) is 0 Å². The maximum atomic E-state index is 2.95. The summed E-state index contributed by atoms with van der Waals surface area (Å²) in [6.07, 6.45) is 18.1. The minimum Gasteiger partial charge on any atom is -0.0689 e. The van der Waals surface area contributed by atoms with Gasteiger partial charge in [-0.3, -0.25) is 0 Å². The summed E-state index contributed by atoms with van der Waals surface area (Å²) in [4.78, 5) is 0. The zero-order chi connectivity index (χ0) is 36.8. The van der Waals surface area contributed by atoms with Gasteiger partial charge in [-0.2, -0.15) is 0 Å². The molecule has 0 radical (unpaired) electrons. The van der Waals surface area contributed by atoms with E-state index in [0.717, 1.165) is 70.3 Å². The molecule has 5 aliphatic carbocycles. The van der Waals surface area contributed by atoms with Crippen molar-refractivity contribution < 1.29 is 0 Å². The molecule has 284 valence electrons. The molecular weight excluding hydrogens is 617 g/mol. The second kappa shape index (κ2) is 13.6. The third-order valence-corrected chi connectivity index (χ3v) is 22.4. The highest BCUT2D eigenvalue weighted by atomic mass is 28.3. The third-order valence-electron chi connectivity index (χ3n) is 17.1. The van der Waals surface area contributed by atoms with E-state index in [-0.39, 0.29) is 10.8 Å². The van der Waals surface area contributed by atoms with E-state index in [2.05, 4.69) is 121 Å². The van der Waals surface area contributed by atoms with Gasteiger partial charge in [0.25, 0.3) is 0 Å².